The Morgan fingerprint density at radius 1 is 1.16 bits per heavy atom. The van der Waals surface area contributed by atoms with Crippen LogP contribution in [-0.4, -0.2) is 12.6 Å². The van der Waals surface area contributed by atoms with Gasteiger partial charge in [0.1, 0.15) is 5.75 Å². The van der Waals surface area contributed by atoms with Crippen LogP contribution in [0, 0.1) is 13.8 Å². The predicted molar refractivity (Wildman–Crippen MR) is 80.8 cm³/mol. The highest BCUT2D eigenvalue weighted by atomic mass is 16.5. The summed E-state index contributed by atoms with van der Waals surface area (Å²) in [6.45, 7) is 5.14. The minimum Gasteiger partial charge on any atom is -0.490 e. The maximum Gasteiger partial charge on any atom is 0.126 e. The molecule has 0 amide bonds. The molecule has 2 rings (SSSR count). The van der Waals surface area contributed by atoms with Gasteiger partial charge in [-0.3, -0.25) is 0 Å². The van der Waals surface area contributed by atoms with E-state index in [2.05, 4.69) is 26.0 Å². The molecule has 2 nitrogen and oxygen atoms in total. The molecule has 0 unspecified atom stereocenters. The minimum atomic E-state index is 0.439. The van der Waals surface area contributed by atoms with Crippen LogP contribution in [0.3, 0.4) is 0 Å². The fourth-order valence-corrected chi connectivity index (χ4v) is 2.84. The molecule has 0 radical (unpaired) electrons. The summed E-state index contributed by atoms with van der Waals surface area (Å²) in [7, 11) is 0. The Labute approximate surface area is 117 Å². The first kappa shape index (κ1) is 14.4. The zero-order chi connectivity index (χ0) is 13.7. The van der Waals surface area contributed by atoms with Crippen LogP contribution in [0.5, 0.6) is 5.75 Å². The molecule has 1 aliphatic carbocycles. The van der Waals surface area contributed by atoms with Crippen LogP contribution >= 0.6 is 0 Å². The first-order valence-corrected chi connectivity index (χ1v) is 7.68. The molecule has 1 aliphatic rings. The van der Waals surface area contributed by atoms with Crippen LogP contribution in [0.1, 0.15) is 55.2 Å². The van der Waals surface area contributed by atoms with E-state index in [0.717, 1.165) is 31.6 Å². The maximum atomic E-state index is 6.32. The second kappa shape index (κ2) is 6.95. The van der Waals surface area contributed by atoms with Gasteiger partial charge in [0.15, 0.2) is 0 Å². The van der Waals surface area contributed by atoms with Crippen LogP contribution in [0.25, 0.3) is 0 Å². The van der Waals surface area contributed by atoms with E-state index in [9.17, 15) is 0 Å². The average molecular weight is 261 g/mol. The molecule has 0 atom stereocenters. The van der Waals surface area contributed by atoms with Gasteiger partial charge >= 0.3 is 0 Å². The monoisotopic (exact) mass is 261 g/mol. The quantitative estimate of drug-likeness (QED) is 0.788. The summed E-state index contributed by atoms with van der Waals surface area (Å²) in [5.41, 5.74) is 9.60. The molecule has 2 heteroatoms. The summed E-state index contributed by atoms with van der Waals surface area (Å²) in [5.74, 6) is 1.16. The molecular weight excluding hydrogens is 234 g/mol. The zero-order valence-electron chi connectivity index (χ0n) is 12.4. The van der Waals surface area contributed by atoms with Gasteiger partial charge in [0.05, 0.1) is 6.10 Å². The van der Waals surface area contributed by atoms with Crippen molar-refractivity contribution in [2.24, 2.45) is 5.73 Å². The highest BCUT2D eigenvalue weighted by Crippen LogP contribution is 2.32. The minimum absolute atomic E-state index is 0.439. The van der Waals surface area contributed by atoms with Crippen molar-refractivity contribution in [3.63, 3.8) is 0 Å². The summed E-state index contributed by atoms with van der Waals surface area (Å²) in [4.78, 5) is 0. The van der Waals surface area contributed by atoms with Gasteiger partial charge in [-0.2, -0.15) is 0 Å². The van der Waals surface area contributed by atoms with Gasteiger partial charge in [-0.15, -0.1) is 0 Å². The van der Waals surface area contributed by atoms with Crippen molar-refractivity contribution in [1.29, 1.82) is 0 Å². The van der Waals surface area contributed by atoms with Crippen LogP contribution in [0.4, 0.5) is 0 Å². The molecule has 1 aromatic rings. The molecule has 19 heavy (non-hydrogen) atoms. The molecule has 1 saturated carbocycles. The van der Waals surface area contributed by atoms with E-state index in [-0.39, 0.29) is 0 Å². The van der Waals surface area contributed by atoms with Crippen molar-refractivity contribution in [2.75, 3.05) is 6.54 Å². The number of unbranched alkanes of at least 4 members (excludes halogenated alkanes) is 1. The number of benzene rings is 1. The van der Waals surface area contributed by atoms with Gasteiger partial charge in [0.2, 0.25) is 0 Å². The normalized spacial score (nSPS) is 15.9. The number of nitrogens with two attached hydrogens (primary N) is 1. The van der Waals surface area contributed by atoms with Crippen molar-refractivity contribution < 1.29 is 4.74 Å². The Hall–Kier alpha value is -1.02. The molecule has 0 heterocycles. The molecular formula is C17H27NO. The molecule has 0 aliphatic heterocycles. The second-order valence-corrected chi connectivity index (χ2v) is 5.77. The zero-order valence-corrected chi connectivity index (χ0v) is 12.4. The summed E-state index contributed by atoms with van der Waals surface area (Å²) < 4.78 is 6.32. The molecule has 2 N–H and O–H groups in total. The van der Waals surface area contributed by atoms with Gasteiger partial charge in [-0.1, -0.05) is 12.1 Å². The smallest absolute Gasteiger partial charge is 0.126 e. The summed E-state index contributed by atoms with van der Waals surface area (Å²) >= 11 is 0. The highest BCUT2D eigenvalue weighted by molar-refractivity contribution is 5.45. The van der Waals surface area contributed by atoms with Crippen molar-refractivity contribution >= 4 is 0 Å². The molecule has 0 saturated heterocycles. The van der Waals surface area contributed by atoms with Gasteiger partial charge in [-0.25, -0.2) is 0 Å². The lowest BCUT2D eigenvalue weighted by Crippen LogP contribution is -2.13. The van der Waals surface area contributed by atoms with Gasteiger partial charge in [-0.05, 0) is 82.0 Å². The summed E-state index contributed by atoms with van der Waals surface area (Å²) in [5, 5.41) is 0. The number of hydrogen-bond acceptors (Lipinski definition) is 2. The third kappa shape index (κ3) is 3.73. The molecule has 106 valence electrons. The Balaban J connectivity index is 2.13. The first-order valence-electron chi connectivity index (χ1n) is 7.68. The van der Waals surface area contributed by atoms with Crippen LogP contribution < -0.4 is 10.5 Å². The Kier molecular flexibility index (Phi) is 5.26. The predicted octanol–water partition coefficient (Wildman–Crippen LogP) is 3.91. The van der Waals surface area contributed by atoms with Crippen molar-refractivity contribution in [3.05, 3.63) is 28.8 Å². The average Bonchev–Trinajstić information content (AvgIpc) is 2.91. The number of rotatable bonds is 6. The molecule has 0 spiro atoms. The maximum absolute atomic E-state index is 6.32. The van der Waals surface area contributed by atoms with Crippen molar-refractivity contribution in [3.8, 4) is 5.75 Å². The SMILES string of the molecule is Cc1ccc(CCCCN)c(OC2CCCC2)c1C. The Bertz CT molecular complexity index is 408. The summed E-state index contributed by atoms with van der Waals surface area (Å²) in [6, 6.07) is 4.46. The fraction of sp³-hybridized carbons (Fsp3) is 0.647. The topological polar surface area (TPSA) is 35.2 Å². The lowest BCUT2D eigenvalue weighted by molar-refractivity contribution is 0.206. The third-order valence-electron chi connectivity index (χ3n) is 4.25. The van der Waals surface area contributed by atoms with Gasteiger partial charge < -0.3 is 10.5 Å². The van der Waals surface area contributed by atoms with E-state index in [1.54, 1.807) is 0 Å². The van der Waals surface area contributed by atoms with Gasteiger partial charge in [0, 0.05) is 0 Å². The number of aryl methyl sites for hydroxylation is 2. The lowest BCUT2D eigenvalue weighted by atomic mass is 10.00. The van der Waals surface area contributed by atoms with Crippen LogP contribution in [0.15, 0.2) is 12.1 Å². The van der Waals surface area contributed by atoms with E-state index in [0.29, 0.717) is 6.10 Å². The fourth-order valence-electron chi connectivity index (χ4n) is 2.84. The largest absolute Gasteiger partial charge is 0.490 e. The standard InChI is InChI=1S/C17H27NO/c1-13-10-11-15(7-5-6-12-18)17(14(13)2)19-16-8-3-4-9-16/h10-11,16H,3-9,12,18H2,1-2H3. The second-order valence-electron chi connectivity index (χ2n) is 5.77. The van der Waals surface area contributed by atoms with E-state index in [1.165, 1.54) is 42.4 Å². The lowest BCUT2D eigenvalue weighted by Gasteiger charge is -2.20. The number of ether oxygens (including phenoxy) is 1. The third-order valence-corrected chi connectivity index (χ3v) is 4.25. The summed E-state index contributed by atoms with van der Waals surface area (Å²) in [6.07, 6.45) is 8.84. The van der Waals surface area contributed by atoms with E-state index >= 15 is 0 Å². The molecule has 0 aromatic heterocycles. The van der Waals surface area contributed by atoms with E-state index in [4.69, 9.17) is 10.5 Å². The van der Waals surface area contributed by atoms with Crippen molar-refractivity contribution in [1.82, 2.24) is 0 Å². The van der Waals surface area contributed by atoms with Crippen LogP contribution in [0.2, 0.25) is 0 Å². The van der Waals surface area contributed by atoms with E-state index in [1.807, 2.05) is 0 Å². The highest BCUT2D eigenvalue weighted by Gasteiger charge is 2.19. The van der Waals surface area contributed by atoms with Crippen LogP contribution in [-0.2, 0) is 6.42 Å². The van der Waals surface area contributed by atoms with E-state index < -0.39 is 0 Å². The molecule has 1 fully saturated rings. The Morgan fingerprint density at radius 2 is 1.89 bits per heavy atom. The molecule has 1 aromatic carbocycles. The van der Waals surface area contributed by atoms with Gasteiger partial charge in [0.25, 0.3) is 0 Å². The Morgan fingerprint density at radius 3 is 2.58 bits per heavy atom. The molecule has 0 bridgehead atoms. The number of hydrogen-bond donors (Lipinski definition) is 1. The van der Waals surface area contributed by atoms with Crippen molar-refractivity contribution in [2.45, 2.75) is 64.9 Å². The first-order chi connectivity index (χ1) is 9.22.